The van der Waals surface area contributed by atoms with E-state index in [0.29, 0.717) is 15.5 Å². The van der Waals surface area contributed by atoms with Crippen LogP contribution in [0.3, 0.4) is 0 Å². The highest BCUT2D eigenvalue weighted by Gasteiger charge is 2.27. The van der Waals surface area contributed by atoms with Gasteiger partial charge in [-0.3, -0.25) is 9.59 Å². The fourth-order valence-corrected chi connectivity index (χ4v) is 3.70. The van der Waals surface area contributed by atoms with Gasteiger partial charge in [-0.15, -0.1) is 11.3 Å². The van der Waals surface area contributed by atoms with Crippen molar-refractivity contribution in [3.8, 4) is 0 Å². The van der Waals surface area contributed by atoms with E-state index in [0.717, 1.165) is 16.9 Å². The molecule has 0 aliphatic heterocycles. The molecule has 0 aliphatic rings. The molecule has 1 N–H and O–H groups in total. The molecule has 0 aliphatic carbocycles. The smallest absolute Gasteiger partial charge is 0.341 e. The third kappa shape index (κ3) is 5.21. The number of carbonyl (C=O) groups excluding carboxylic acids is 3. The average Bonchev–Trinajstić information content (AvgIpc) is 2.96. The summed E-state index contributed by atoms with van der Waals surface area (Å²) < 4.78 is 5.09. The zero-order chi connectivity index (χ0) is 20.8. The zero-order valence-electron chi connectivity index (χ0n) is 16.0. The van der Waals surface area contributed by atoms with Gasteiger partial charge in [0.15, 0.2) is 0 Å². The van der Waals surface area contributed by atoms with E-state index in [9.17, 15) is 14.4 Å². The van der Waals surface area contributed by atoms with Gasteiger partial charge < -0.3 is 15.0 Å². The van der Waals surface area contributed by atoms with Crippen LogP contribution in [0.1, 0.15) is 38.1 Å². The first-order valence-electron chi connectivity index (χ1n) is 8.51. The molecule has 0 unspecified atom stereocenters. The lowest BCUT2D eigenvalue weighted by Crippen LogP contribution is -2.21. The molecular weight excluding hydrogens is 400 g/mol. The first-order valence-corrected chi connectivity index (χ1v) is 9.70. The van der Waals surface area contributed by atoms with E-state index in [1.165, 1.54) is 11.0 Å². The Balaban J connectivity index is 2.30. The van der Waals surface area contributed by atoms with Crippen LogP contribution in [0.2, 0.25) is 5.02 Å². The summed E-state index contributed by atoms with van der Waals surface area (Å²) in [5.74, 6) is -1.25. The van der Waals surface area contributed by atoms with E-state index in [2.05, 4.69) is 5.32 Å². The number of anilines is 1. The number of esters is 1. The normalized spacial score (nSPS) is 10.8. The van der Waals surface area contributed by atoms with Crippen LogP contribution in [0.5, 0.6) is 0 Å². The number of nitrogens with one attached hydrogen (secondary N) is 1. The highest BCUT2D eigenvalue weighted by Crippen LogP contribution is 2.34. The first-order chi connectivity index (χ1) is 13.2. The number of thiophene rings is 1. The molecule has 2 aromatic rings. The molecule has 1 aromatic heterocycles. The zero-order valence-corrected chi connectivity index (χ0v) is 17.6. The summed E-state index contributed by atoms with van der Waals surface area (Å²) in [5, 5.41) is 3.57. The molecular formula is C20H21ClN2O4S. The number of carbonyl (C=O) groups is 3. The van der Waals surface area contributed by atoms with Crippen molar-refractivity contribution in [3.05, 3.63) is 56.9 Å². The molecule has 2 rings (SSSR count). The van der Waals surface area contributed by atoms with Gasteiger partial charge in [0.05, 0.1) is 17.0 Å². The Hall–Kier alpha value is -2.64. The lowest BCUT2D eigenvalue weighted by Gasteiger charge is -2.09. The van der Waals surface area contributed by atoms with Crippen molar-refractivity contribution in [2.24, 2.45) is 0 Å². The molecule has 1 aromatic carbocycles. The number of benzene rings is 1. The van der Waals surface area contributed by atoms with Crippen LogP contribution < -0.4 is 5.32 Å². The van der Waals surface area contributed by atoms with Crippen molar-refractivity contribution in [2.45, 2.75) is 13.8 Å². The van der Waals surface area contributed by atoms with Crippen molar-refractivity contribution >= 4 is 51.8 Å². The minimum atomic E-state index is -0.578. The van der Waals surface area contributed by atoms with Crippen molar-refractivity contribution in [3.63, 3.8) is 0 Å². The monoisotopic (exact) mass is 420 g/mol. The fourth-order valence-electron chi connectivity index (χ4n) is 2.36. The summed E-state index contributed by atoms with van der Waals surface area (Å²) in [4.78, 5) is 38.9. The Morgan fingerprint density at radius 3 is 2.43 bits per heavy atom. The molecule has 2 amide bonds. The van der Waals surface area contributed by atoms with Gasteiger partial charge in [-0.25, -0.2) is 4.79 Å². The third-order valence-corrected chi connectivity index (χ3v) is 5.21. The molecule has 0 radical (unpaired) electrons. The van der Waals surface area contributed by atoms with Crippen molar-refractivity contribution in [1.82, 2.24) is 4.90 Å². The molecule has 0 bridgehead atoms. The van der Waals surface area contributed by atoms with E-state index in [1.54, 1.807) is 58.3 Å². The van der Waals surface area contributed by atoms with Crippen LogP contribution in [0.15, 0.2) is 30.3 Å². The molecule has 1 heterocycles. The van der Waals surface area contributed by atoms with Gasteiger partial charge in [-0.05, 0) is 43.2 Å². The second kappa shape index (κ2) is 9.52. The third-order valence-electron chi connectivity index (χ3n) is 3.76. The Morgan fingerprint density at radius 2 is 1.86 bits per heavy atom. The number of nitrogens with zero attached hydrogens (tertiary/aromatic N) is 1. The molecule has 0 saturated carbocycles. The van der Waals surface area contributed by atoms with Gasteiger partial charge in [0, 0.05) is 25.2 Å². The maximum absolute atomic E-state index is 12.4. The standard InChI is InChI=1S/C20H21ClN2O4S/c1-5-27-20(26)16-12(2)17(19(25)23(3)4)28-18(16)22-15(24)11-8-13-6-9-14(21)10-7-13/h6-11H,5H2,1-4H3,(H,22,24). The van der Waals surface area contributed by atoms with Crippen molar-refractivity contribution in [2.75, 3.05) is 26.0 Å². The maximum atomic E-state index is 12.4. The topological polar surface area (TPSA) is 75.7 Å². The van der Waals surface area contributed by atoms with Crippen LogP contribution in [-0.4, -0.2) is 43.4 Å². The number of rotatable bonds is 6. The molecule has 6 nitrogen and oxygen atoms in total. The highest BCUT2D eigenvalue weighted by molar-refractivity contribution is 7.18. The minimum absolute atomic E-state index is 0.189. The predicted octanol–water partition coefficient (Wildman–Crippen LogP) is 4.24. The van der Waals surface area contributed by atoms with Crippen LogP contribution in [-0.2, 0) is 9.53 Å². The molecule has 0 saturated heterocycles. The Labute approximate surface area is 172 Å². The van der Waals surface area contributed by atoms with Gasteiger partial charge in [-0.2, -0.15) is 0 Å². The Morgan fingerprint density at radius 1 is 1.21 bits per heavy atom. The Bertz CT molecular complexity index is 917. The first kappa shape index (κ1) is 21.7. The van der Waals surface area contributed by atoms with Gasteiger partial charge in [0.1, 0.15) is 5.00 Å². The highest BCUT2D eigenvalue weighted by atomic mass is 35.5. The molecule has 8 heteroatoms. The van der Waals surface area contributed by atoms with E-state index < -0.39 is 11.9 Å². The van der Waals surface area contributed by atoms with E-state index in [-0.39, 0.29) is 23.1 Å². The lowest BCUT2D eigenvalue weighted by molar-refractivity contribution is -0.111. The van der Waals surface area contributed by atoms with Gasteiger partial charge >= 0.3 is 5.97 Å². The lowest BCUT2D eigenvalue weighted by atomic mass is 10.1. The van der Waals surface area contributed by atoms with E-state index in [4.69, 9.17) is 16.3 Å². The number of ether oxygens (including phenoxy) is 1. The summed E-state index contributed by atoms with van der Waals surface area (Å²) in [5.41, 5.74) is 1.49. The summed E-state index contributed by atoms with van der Waals surface area (Å²) >= 11 is 6.90. The summed E-state index contributed by atoms with van der Waals surface area (Å²) in [6.45, 7) is 3.55. The predicted molar refractivity (Wildman–Crippen MR) is 112 cm³/mol. The quantitative estimate of drug-likeness (QED) is 0.560. The van der Waals surface area contributed by atoms with Crippen LogP contribution in [0.4, 0.5) is 5.00 Å². The second-order valence-electron chi connectivity index (χ2n) is 6.05. The van der Waals surface area contributed by atoms with Gasteiger partial charge in [0.2, 0.25) is 5.91 Å². The minimum Gasteiger partial charge on any atom is -0.462 e. The average molecular weight is 421 g/mol. The molecule has 148 valence electrons. The maximum Gasteiger partial charge on any atom is 0.341 e. The number of hydrogen-bond acceptors (Lipinski definition) is 5. The molecule has 28 heavy (non-hydrogen) atoms. The number of halogens is 1. The molecule has 0 atom stereocenters. The van der Waals surface area contributed by atoms with Crippen molar-refractivity contribution in [1.29, 1.82) is 0 Å². The van der Waals surface area contributed by atoms with Crippen LogP contribution >= 0.6 is 22.9 Å². The summed E-state index contributed by atoms with van der Waals surface area (Å²) in [6, 6.07) is 7.00. The molecule has 0 spiro atoms. The van der Waals surface area contributed by atoms with E-state index in [1.807, 2.05) is 0 Å². The van der Waals surface area contributed by atoms with Crippen molar-refractivity contribution < 1.29 is 19.1 Å². The van der Waals surface area contributed by atoms with Crippen LogP contribution in [0.25, 0.3) is 6.08 Å². The van der Waals surface area contributed by atoms with Gasteiger partial charge in [0.25, 0.3) is 5.91 Å². The summed E-state index contributed by atoms with van der Waals surface area (Å²) in [7, 11) is 3.25. The number of hydrogen-bond donors (Lipinski definition) is 1. The number of amides is 2. The largest absolute Gasteiger partial charge is 0.462 e. The SMILES string of the molecule is CCOC(=O)c1c(NC(=O)C=Cc2ccc(Cl)cc2)sc(C(=O)N(C)C)c1C. The second-order valence-corrected chi connectivity index (χ2v) is 7.51. The van der Waals surface area contributed by atoms with E-state index >= 15 is 0 Å². The van der Waals surface area contributed by atoms with Gasteiger partial charge in [-0.1, -0.05) is 23.7 Å². The molecule has 0 fully saturated rings. The summed E-state index contributed by atoms with van der Waals surface area (Å²) in [6.07, 6.45) is 2.97. The fraction of sp³-hybridized carbons (Fsp3) is 0.250. The van der Waals surface area contributed by atoms with Crippen LogP contribution in [0, 0.1) is 6.92 Å². The Kier molecular flexibility index (Phi) is 7.37.